The zero-order valence-electron chi connectivity index (χ0n) is 12.8. The molecule has 0 spiro atoms. The first-order chi connectivity index (χ1) is 10.0. The van der Waals surface area contributed by atoms with E-state index in [1.165, 1.54) is 0 Å². The normalized spacial score (nSPS) is 17.8. The minimum absolute atomic E-state index is 0.00900. The highest BCUT2D eigenvalue weighted by molar-refractivity contribution is 5.87. The van der Waals surface area contributed by atoms with E-state index in [1.54, 1.807) is 4.90 Å². The fraction of sp³-hybridized carbons (Fsp3) is 0.800. The highest BCUT2D eigenvalue weighted by Crippen LogP contribution is 2.11. The summed E-state index contributed by atoms with van der Waals surface area (Å²) >= 11 is 0. The summed E-state index contributed by atoms with van der Waals surface area (Å²) in [6.45, 7) is 2.52. The standard InChI is InChI=1S/C15H26N2O4/c1-2-3-8-12(15(20)21)16-13(18)11-17-10-7-5-4-6-9-14(17)19/h12H,2-11H2,1H3,(H,16,18)(H,20,21). The van der Waals surface area contributed by atoms with Crippen LogP contribution in [0.25, 0.3) is 0 Å². The molecule has 1 aliphatic rings. The fourth-order valence-electron chi connectivity index (χ4n) is 2.46. The Balaban J connectivity index is 2.49. The van der Waals surface area contributed by atoms with Gasteiger partial charge in [-0.25, -0.2) is 4.79 Å². The minimum Gasteiger partial charge on any atom is -0.480 e. The second-order valence-electron chi connectivity index (χ2n) is 5.58. The van der Waals surface area contributed by atoms with Gasteiger partial charge in [-0.15, -0.1) is 0 Å². The zero-order valence-corrected chi connectivity index (χ0v) is 12.8. The average molecular weight is 298 g/mol. The van der Waals surface area contributed by atoms with E-state index in [0.717, 1.165) is 38.5 Å². The van der Waals surface area contributed by atoms with Gasteiger partial charge in [-0.05, 0) is 19.3 Å². The molecule has 1 heterocycles. The molecule has 2 amide bonds. The fourth-order valence-corrected chi connectivity index (χ4v) is 2.46. The van der Waals surface area contributed by atoms with Crippen molar-refractivity contribution in [1.82, 2.24) is 10.2 Å². The second-order valence-corrected chi connectivity index (χ2v) is 5.58. The van der Waals surface area contributed by atoms with Gasteiger partial charge in [0.05, 0.1) is 6.54 Å². The smallest absolute Gasteiger partial charge is 0.326 e. The lowest BCUT2D eigenvalue weighted by Crippen LogP contribution is -2.47. The molecule has 2 N–H and O–H groups in total. The van der Waals surface area contributed by atoms with Crippen molar-refractivity contribution in [2.45, 2.75) is 64.3 Å². The summed E-state index contributed by atoms with van der Waals surface area (Å²) in [4.78, 5) is 36.5. The summed E-state index contributed by atoms with van der Waals surface area (Å²) in [7, 11) is 0. The quantitative estimate of drug-likeness (QED) is 0.746. The third-order valence-electron chi connectivity index (χ3n) is 3.74. The summed E-state index contributed by atoms with van der Waals surface area (Å²) in [6.07, 6.45) is 6.42. The first-order valence-electron chi connectivity index (χ1n) is 7.84. The van der Waals surface area contributed by atoms with Crippen molar-refractivity contribution in [3.8, 4) is 0 Å². The molecule has 0 radical (unpaired) electrons. The van der Waals surface area contributed by atoms with Gasteiger partial charge < -0.3 is 15.3 Å². The van der Waals surface area contributed by atoms with Crippen LogP contribution in [0.2, 0.25) is 0 Å². The molecule has 0 saturated carbocycles. The van der Waals surface area contributed by atoms with Crippen LogP contribution in [0.5, 0.6) is 0 Å². The van der Waals surface area contributed by atoms with E-state index in [9.17, 15) is 14.4 Å². The maximum Gasteiger partial charge on any atom is 0.326 e. The van der Waals surface area contributed by atoms with Crippen molar-refractivity contribution < 1.29 is 19.5 Å². The molecule has 1 aliphatic heterocycles. The third kappa shape index (κ3) is 6.60. The lowest BCUT2D eigenvalue weighted by atomic mass is 10.1. The molecule has 1 fully saturated rings. The lowest BCUT2D eigenvalue weighted by molar-refractivity contribution is -0.143. The Labute approximate surface area is 125 Å². The Morgan fingerprint density at radius 1 is 1.29 bits per heavy atom. The van der Waals surface area contributed by atoms with Gasteiger partial charge in [0.25, 0.3) is 0 Å². The van der Waals surface area contributed by atoms with Crippen LogP contribution in [0, 0.1) is 0 Å². The van der Waals surface area contributed by atoms with E-state index in [-0.39, 0.29) is 18.4 Å². The summed E-state index contributed by atoms with van der Waals surface area (Å²) < 4.78 is 0. The maximum absolute atomic E-state index is 12.0. The molecular formula is C15H26N2O4. The molecule has 0 aromatic carbocycles. The molecule has 6 nitrogen and oxygen atoms in total. The molecule has 6 heteroatoms. The molecular weight excluding hydrogens is 272 g/mol. The highest BCUT2D eigenvalue weighted by Gasteiger charge is 2.22. The number of unbranched alkanes of at least 4 members (excludes halogenated alkanes) is 1. The summed E-state index contributed by atoms with van der Waals surface area (Å²) in [5, 5.41) is 11.6. The molecule has 1 atom stereocenters. The predicted octanol–water partition coefficient (Wildman–Crippen LogP) is 1.54. The number of aliphatic carboxylic acids is 1. The third-order valence-corrected chi connectivity index (χ3v) is 3.74. The van der Waals surface area contributed by atoms with Gasteiger partial charge in [0.1, 0.15) is 6.04 Å². The van der Waals surface area contributed by atoms with Gasteiger partial charge in [-0.1, -0.05) is 32.6 Å². The minimum atomic E-state index is -1.02. The monoisotopic (exact) mass is 298 g/mol. The number of carbonyl (C=O) groups excluding carboxylic acids is 2. The lowest BCUT2D eigenvalue weighted by Gasteiger charge is -2.25. The topological polar surface area (TPSA) is 86.7 Å². The number of nitrogens with one attached hydrogen (secondary N) is 1. The highest BCUT2D eigenvalue weighted by atomic mass is 16.4. The average Bonchev–Trinajstić information content (AvgIpc) is 2.43. The van der Waals surface area contributed by atoms with Crippen LogP contribution in [0.15, 0.2) is 0 Å². The molecule has 0 aromatic heterocycles. The van der Waals surface area contributed by atoms with Crippen LogP contribution in [-0.4, -0.2) is 46.9 Å². The number of carboxylic acid groups (broad SMARTS) is 1. The molecule has 0 bridgehead atoms. The molecule has 1 saturated heterocycles. The second kappa shape index (κ2) is 9.37. The number of hydrogen-bond donors (Lipinski definition) is 2. The van der Waals surface area contributed by atoms with Gasteiger partial charge in [-0.3, -0.25) is 9.59 Å². The van der Waals surface area contributed by atoms with Crippen LogP contribution in [0.4, 0.5) is 0 Å². The largest absolute Gasteiger partial charge is 0.480 e. The molecule has 0 aromatic rings. The summed E-state index contributed by atoms with van der Waals surface area (Å²) in [6, 6.07) is -0.859. The first-order valence-corrected chi connectivity index (χ1v) is 7.84. The number of amides is 2. The SMILES string of the molecule is CCCCC(NC(=O)CN1CCCCCCC1=O)C(=O)O. The Morgan fingerprint density at radius 2 is 2.00 bits per heavy atom. The van der Waals surface area contributed by atoms with E-state index in [4.69, 9.17) is 5.11 Å². The van der Waals surface area contributed by atoms with Crippen molar-refractivity contribution in [3.63, 3.8) is 0 Å². The Morgan fingerprint density at radius 3 is 2.67 bits per heavy atom. The maximum atomic E-state index is 12.0. The van der Waals surface area contributed by atoms with Gasteiger partial charge in [0.2, 0.25) is 11.8 Å². The van der Waals surface area contributed by atoms with Gasteiger partial charge in [0.15, 0.2) is 0 Å². The number of rotatable bonds is 7. The number of likely N-dealkylation sites (tertiary alicyclic amines) is 1. The summed E-state index contributed by atoms with van der Waals surface area (Å²) in [5.74, 6) is -1.41. The predicted molar refractivity (Wildman–Crippen MR) is 78.8 cm³/mol. The van der Waals surface area contributed by atoms with Gasteiger partial charge in [0, 0.05) is 13.0 Å². The van der Waals surface area contributed by atoms with Crippen LogP contribution in [-0.2, 0) is 14.4 Å². The van der Waals surface area contributed by atoms with Crippen LogP contribution in [0.3, 0.4) is 0 Å². The zero-order chi connectivity index (χ0) is 15.7. The van der Waals surface area contributed by atoms with E-state index in [1.807, 2.05) is 6.92 Å². The molecule has 0 aliphatic carbocycles. The van der Waals surface area contributed by atoms with E-state index in [2.05, 4.69) is 5.32 Å². The summed E-state index contributed by atoms with van der Waals surface area (Å²) in [5.41, 5.74) is 0. The Hall–Kier alpha value is -1.59. The van der Waals surface area contributed by atoms with Crippen LogP contribution < -0.4 is 5.32 Å². The molecule has 120 valence electrons. The van der Waals surface area contributed by atoms with E-state index in [0.29, 0.717) is 19.4 Å². The van der Waals surface area contributed by atoms with Crippen molar-refractivity contribution in [2.75, 3.05) is 13.1 Å². The molecule has 1 unspecified atom stereocenters. The van der Waals surface area contributed by atoms with Crippen molar-refractivity contribution in [2.24, 2.45) is 0 Å². The first kappa shape index (κ1) is 17.5. The van der Waals surface area contributed by atoms with E-state index < -0.39 is 12.0 Å². The number of carboxylic acids is 1. The van der Waals surface area contributed by atoms with E-state index >= 15 is 0 Å². The van der Waals surface area contributed by atoms with Crippen molar-refractivity contribution in [1.29, 1.82) is 0 Å². The van der Waals surface area contributed by atoms with Gasteiger partial charge in [-0.2, -0.15) is 0 Å². The van der Waals surface area contributed by atoms with Crippen LogP contribution >= 0.6 is 0 Å². The van der Waals surface area contributed by atoms with Gasteiger partial charge >= 0.3 is 5.97 Å². The number of hydrogen-bond acceptors (Lipinski definition) is 3. The number of carbonyl (C=O) groups is 3. The van der Waals surface area contributed by atoms with Crippen molar-refractivity contribution in [3.05, 3.63) is 0 Å². The Bertz CT molecular complexity index is 371. The molecule has 1 rings (SSSR count). The van der Waals surface area contributed by atoms with Crippen molar-refractivity contribution >= 4 is 17.8 Å². The molecule has 21 heavy (non-hydrogen) atoms. The number of nitrogens with zero attached hydrogens (tertiary/aromatic N) is 1. The Kier molecular flexibility index (Phi) is 7.79. The van der Waals surface area contributed by atoms with Crippen LogP contribution in [0.1, 0.15) is 58.3 Å².